The number of carbonyl (C=O) groups is 1. The van der Waals surface area contributed by atoms with Gasteiger partial charge in [0.15, 0.2) is 0 Å². The Morgan fingerprint density at radius 1 is 0.778 bits per heavy atom. The fourth-order valence-corrected chi connectivity index (χ4v) is 2.16. The summed E-state index contributed by atoms with van der Waals surface area (Å²) in [5.41, 5.74) is 5.54. The molecule has 2 aromatic rings. The lowest BCUT2D eigenvalue weighted by molar-refractivity contribution is 0.102. The maximum absolute atomic E-state index is 12.1. The van der Waals surface area contributed by atoms with Crippen molar-refractivity contribution in [1.29, 1.82) is 0 Å². The molecular weight excluding hydrogens is 224 g/mol. The van der Waals surface area contributed by atoms with Crippen LogP contribution in [-0.2, 0) is 0 Å². The van der Waals surface area contributed by atoms with E-state index in [0.717, 1.165) is 28.2 Å². The van der Waals surface area contributed by atoms with Crippen LogP contribution in [0.4, 0.5) is 17.1 Å². The molecule has 2 N–H and O–H groups in total. The van der Waals surface area contributed by atoms with Crippen molar-refractivity contribution >= 4 is 23.0 Å². The standard InChI is InChI=1S/C15H14N2O/c1-9-3-5-11-13(7-9)16-12-6-4-10(2)8-14(12)17-15(11)18/h3-8,16H,1-2H3,(H,17,18). The second kappa shape index (κ2) is 3.88. The number of hydrogen-bond donors (Lipinski definition) is 2. The molecule has 0 fully saturated rings. The molecule has 0 aromatic heterocycles. The van der Waals surface area contributed by atoms with Gasteiger partial charge in [-0.1, -0.05) is 12.1 Å². The molecule has 0 aliphatic carbocycles. The fourth-order valence-electron chi connectivity index (χ4n) is 2.16. The quantitative estimate of drug-likeness (QED) is 0.736. The van der Waals surface area contributed by atoms with Gasteiger partial charge < -0.3 is 10.6 Å². The van der Waals surface area contributed by atoms with Gasteiger partial charge in [-0.3, -0.25) is 4.79 Å². The van der Waals surface area contributed by atoms with Crippen molar-refractivity contribution in [3.63, 3.8) is 0 Å². The van der Waals surface area contributed by atoms with E-state index in [1.165, 1.54) is 0 Å². The van der Waals surface area contributed by atoms with E-state index in [9.17, 15) is 4.79 Å². The van der Waals surface area contributed by atoms with Crippen molar-refractivity contribution in [1.82, 2.24) is 0 Å². The van der Waals surface area contributed by atoms with E-state index >= 15 is 0 Å². The first-order chi connectivity index (χ1) is 8.63. The van der Waals surface area contributed by atoms with Crippen LogP contribution in [0.25, 0.3) is 0 Å². The minimum Gasteiger partial charge on any atom is -0.353 e. The van der Waals surface area contributed by atoms with Crippen LogP contribution in [0.5, 0.6) is 0 Å². The number of rotatable bonds is 0. The lowest BCUT2D eigenvalue weighted by atomic mass is 10.1. The monoisotopic (exact) mass is 238 g/mol. The third-order valence-electron chi connectivity index (χ3n) is 3.11. The highest BCUT2D eigenvalue weighted by Crippen LogP contribution is 2.32. The van der Waals surface area contributed by atoms with Crippen molar-refractivity contribution in [3.05, 3.63) is 53.1 Å². The van der Waals surface area contributed by atoms with Crippen molar-refractivity contribution in [2.45, 2.75) is 13.8 Å². The highest BCUT2D eigenvalue weighted by molar-refractivity contribution is 6.12. The lowest BCUT2D eigenvalue weighted by Gasteiger charge is -2.09. The molecule has 90 valence electrons. The second-order valence-corrected chi connectivity index (χ2v) is 4.68. The number of amides is 1. The first kappa shape index (κ1) is 10.8. The van der Waals surface area contributed by atoms with Crippen LogP contribution in [-0.4, -0.2) is 5.91 Å². The average Bonchev–Trinajstić information content (AvgIpc) is 2.44. The Hall–Kier alpha value is -2.29. The molecule has 1 aliphatic heterocycles. The third kappa shape index (κ3) is 1.74. The van der Waals surface area contributed by atoms with Crippen molar-refractivity contribution in [2.24, 2.45) is 0 Å². The summed E-state index contributed by atoms with van der Waals surface area (Å²) in [6, 6.07) is 11.8. The van der Waals surface area contributed by atoms with E-state index in [1.54, 1.807) is 0 Å². The Kier molecular flexibility index (Phi) is 2.33. The summed E-state index contributed by atoms with van der Waals surface area (Å²) >= 11 is 0. The molecule has 0 bridgehead atoms. The van der Waals surface area contributed by atoms with Gasteiger partial charge in [0.05, 0.1) is 22.6 Å². The molecule has 0 unspecified atom stereocenters. The van der Waals surface area contributed by atoms with E-state index in [4.69, 9.17) is 0 Å². The Morgan fingerprint density at radius 3 is 2.22 bits per heavy atom. The summed E-state index contributed by atoms with van der Waals surface area (Å²) in [6.07, 6.45) is 0. The van der Waals surface area contributed by atoms with E-state index in [2.05, 4.69) is 10.6 Å². The van der Waals surface area contributed by atoms with E-state index in [1.807, 2.05) is 50.2 Å². The molecule has 0 radical (unpaired) electrons. The summed E-state index contributed by atoms with van der Waals surface area (Å²) in [4.78, 5) is 12.1. The summed E-state index contributed by atoms with van der Waals surface area (Å²) in [7, 11) is 0. The summed E-state index contributed by atoms with van der Waals surface area (Å²) in [5, 5.41) is 6.26. The van der Waals surface area contributed by atoms with Crippen LogP contribution in [0.3, 0.4) is 0 Å². The Bertz CT molecular complexity index is 647. The maximum Gasteiger partial charge on any atom is 0.257 e. The fraction of sp³-hybridized carbons (Fsp3) is 0.133. The van der Waals surface area contributed by atoms with Gasteiger partial charge in [0.25, 0.3) is 5.91 Å². The van der Waals surface area contributed by atoms with Gasteiger partial charge in [-0.05, 0) is 49.2 Å². The molecule has 2 aromatic carbocycles. The first-order valence-electron chi connectivity index (χ1n) is 5.93. The second-order valence-electron chi connectivity index (χ2n) is 4.68. The Balaban J connectivity index is 2.17. The average molecular weight is 238 g/mol. The number of hydrogen-bond acceptors (Lipinski definition) is 2. The zero-order chi connectivity index (χ0) is 12.7. The van der Waals surface area contributed by atoms with E-state index in [-0.39, 0.29) is 5.91 Å². The Labute approximate surface area is 106 Å². The van der Waals surface area contributed by atoms with Crippen LogP contribution in [0.15, 0.2) is 36.4 Å². The molecule has 1 aliphatic rings. The normalized spacial score (nSPS) is 12.9. The van der Waals surface area contributed by atoms with Gasteiger partial charge in [-0.15, -0.1) is 0 Å². The minimum absolute atomic E-state index is 0.0677. The van der Waals surface area contributed by atoms with Crippen LogP contribution >= 0.6 is 0 Å². The summed E-state index contributed by atoms with van der Waals surface area (Å²) in [6.45, 7) is 4.02. The van der Waals surface area contributed by atoms with Crippen LogP contribution in [0.1, 0.15) is 21.5 Å². The third-order valence-corrected chi connectivity index (χ3v) is 3.11. The maximum atomic E-state index is 12.1. The first-order valence-corrected chi connectivity index (χ1v) is 5.93. The number of aryl methyl sites for hydroxylation is 2. The van der Waals surface area contributed by atoms with E-state index < -0.39 is 0 Å². The van der Waals surface area contributed by atoms with Crippen LogP contribution in [0, 0.1) is 13.8 Å². The molecule has 0 saturated heterocycles. The molecule has 1 heterocycles. The summed E-state index contributed by atoms with van der Waals surface area (Å²) in [5.74, 6) is -0.0677. The highest BCUT2D eigenvalue weighted by atomic mass is 16.1. The van der Waals surface area contributed by atoms with E-state index in [0.29, 0.717) is 5.56 Å². The molecule has 18 heavy (non-hydrogen) atoms. The lowest BCUT2D eigenvalue weighted by Crippen LogP contribution is -2.10. The predicted molar refractivity (Wildman–Crippen MR) is 73.6 cm³/mol. The molecule has 3 heteroatoms. The molecule has 3 rings (SSSR count). The molecule has 3 nitrogen and oxygen atoms in total. The minimum atomic E-state index is -0.0677. The van der Waals surface area contributed by atoms with Crippen molar-refractivity contribution in [2.75, 3.05) is 10.6 Å². The largest absolute Gasteiger partial charge is 0.353 e. The molecular formula is C15H14N2O. The molecule has 0 atom stereocenters. The summed E-state index contributed by atoms with van der Waals surface area (Å²) < 4.78 is 0. The van der Waals surface area contributed by atoms with Crippen LogP contribution < -0.4 is 10.6 Å². The number of benzene rings is 2. The van der Waals surface area contributed by atoms with Gasteiger partial charge in [-0.25, -0.2) is 0 Å². The zero-order valence-electron chi connectivity index (χ0n) is 10.4. The van der Waals surface area contributed by atoms with Gasteiger partial charge >= 0.3 is 0 Å². The van der Waals surface area contributed by atoms with Gasteiger partial charge in [0, 0.05) is 0 Å². The molecule has 0 spiro atoms. The number of fused-ring (bicyclic) bond motifs is 2. The topological polar surface area (TPSA) is 41.1 Å². The van der Waals surface area contributed by atoms with Crippen LogP contribution in [0.2, 0.25) is 0 Å². The van der Waals surface area contributed by atoms with Crippen molar-refractivity contribution < 1.29 is 4.79 Å². The molecule has 0 saturated carbocycles. The SMILES string of the molecule is Cc1ccc2c(c1)NC(=O)c1ccc(C)cc1N2. The van der Waals surface area contributed by atoms with Gasteiger partial charge in [-0.2, -0.15) is 0 Å². The number of carbonyl (C=O) groups excluding carboxylic acids is 1. The predicted octanol–water partition coefficient (Wildman–Crippen LogP) is 3.61. The Morgan fingerprint density at radius 2 is 1.44 bits per heavy atom. The van der Waals surface area contributed by atoms with Crippen molar-refractivity contribution in [3.8, 4) is 0 Å². The number of nitrogens with one attached hydrogen (secondary N) is 2. The molecule has 1 amide bonds. The smallest absolute Gasteiger partial charge is 0.257 e. The van der Waals surface area contributed by atoms with Gasteiger partial charge in [0.2, 0.25) is 0 Å². The highest BCUT2D eigenvalue weighted by Gasteiger charge is 2.18. The zero-order valence-corrected chi connectivity index (χ0v) is 10.4. The number of anilines is 3. The van der Waals surface area contributed by atoms with Gasteiger partial charge in [0.1, 0.15) is 0 Å².